The van der Waals surface area contributed by atoms with Gasteiger partial charge in [0.25, 0.3) is 0 Å². The summed E-state index contributed by atoms with van der Waals surface area (Å²) in [5.41, 5.74) is 3.14. The minimum atomic E-state index is -1.12. The second-order valence-electron chi connectivity index (χ2n) is 9.54. The summed E-state index contributed by atoms with van der Waals surface area (Å²) >= 11 is 1.87. The fraction of sp³-hybridized carbons (Fsp3) is 0.762. The summed E-state index contributed by atoms with van der Waals surface area (Å²) in [6.45, 7) is 9.77. The van der Waals surface area contributed by atoms with Gasteiger partial charge >= 0.3 is 167 Å². The molecule has 0 aromatic carbocycles. The van der Waals surface area contributed by atoms with Crippen molar-refractivity contribution in [3.63, 3.8) is 0 Å². The second kappa shape index (κ2) is 6.21. The molecule has 4 unspecified atom stereocenters. The van der Waals surface area contributed by atoms with Gasteiger partial charge in [-0.05, 0) is 0 Å². The quantitative estimate of drug-likeness (QED) is 0.702. The zero-order valence-corrected chi connectivity index (χ0v) is 18.9. The third-order valence-electron chi connectivity index (χ3n) is 8.29. The zero-order chi connectivity index (χ0) is 18.0. The predicted octanol–water partition coefficient (Wildman–Crippen LogP) is 4.53. The molecule has 5 aliphatic carbocycles. The number of hydrogen-bond acceptors (Lipinski definition) is 1. The van der Waals surface area contributed by atoms with Crippen LogP contribution >= 0.6 is 0 Å². The molecule has 5 rings (SSSR count). The summed E-state index contributed by atoms with van der Waals surface area (Å²) in [7, 11) is -1.12. The van der Waals surface area contributed by atoms with Gasteiger partial charge in [0, 0.05) is 0 Å². The molecule has 4 atom stereocenters. The van der Waals surface area contributed by atoms with Gasteiger partial charge in [0.1, 0.15) is 0 Å². The molecule has 135 valence electrons. The fourth-order valence-electron chi connectivity index (χ4n) is 8.06. The molecule has 1 N–H and O–H groups in total. The van der Waals surface area contributed by atoms with Crippen LogP contribution in [0.25, 0.3) is 0 Å². The first-order chi connectivity index (χ1) is 11.9. The van der Waals surface area contributed by atoms with E-state index in [1.807, 2.05) is 20.7 Å². The Balaban J connectivity index is 1.98. The Kier molecular flexibility index (Phi) is 4.53. The van der Waals surface area contributed by atoms with E-state index in [0.717, 1.165) is 37.0 Å². The van der Waals surface area contributed by atoms with Crippen molar-refractivity contribution in [2.45, 2.75) is 70.5 Å². The number of hydrogen-bond donors (Lipinski definition) is 1. The molecule has 5 aliphatic rings. The molecule has 4 bridgehead atoms. The molecular formula is C21H32NOSiTi. The van der Waals surface area contributed by atoms with E-state index in [9.17, 15) is 4.79 Å². The van der Waals surface area contributed by atoms with Crippen molar-refractivity contribution in [1.82, 2.24) is 3.80 Å². The molecule has 0 aliphatic heterocycles. The number of allylic oxidation sites excluding steroid dienone is 4. The van der Waals surface area contributed by atoms with E-state index in [1.165, 1.54) is 19.3 Å². The van der Waals surface area contributed by atoms with E-state index in [4.69, 9.17) is 0 Å². The van der Waals surface area contributed by atoms with Crippen molar-refractivity contribution < 1.29 is 25.5 Å². The van der Waals surface area contributed by atoms with Crippen LogP contribution in [0.2, 0.25) is 18.1 Å². The molecule has 0 heterocycles. The Morgan fingerprint density at radius 1 is 1.28 bits per heavy atom. The van der Waals surface area contributed by atoms with Gasteiger partial charge in [-0.25, -0.2) is 0 Å². The molecule has 0 radical (unpaired) electrons. The third-order valence-corrected chi connectivity index (χ3v) is 11.8. The van der Waals surface area contributed by atoms with Crippen LogP contribution in [0.3, 0.4) is 0 Å². The number of amides is 1. The average molecular weight is 390 g/mol. The van der Waals surface area contributed by atoms with Gasteiger partial charge in [0.05, 0.1) is 0 Å². The average Bonchev–Trinajstić information content (AvgIpc) is 2.94. The standard InChI is InChI=1S/C21H33NOSi.Ti/c1-5-16-7-6-13(2)18(16)21(24(3)4)17-9-14-8-15(10-17)12-20(21,11-14)19(22)23;/h6-7,13-15,17,24H,5,8-12H2,1-4H3,(H2,22,23);/q;+1/p-1. The van der Waals surface area contributed by atoms with Crippen molar-refractivity contribution in [2.24, 2.45) is 29.1 Å². The van der Waals surface area contributed by atoms with Crippen LogP contribution in [-0.4, -0.2) is 14.7 Å². The van der Waals surface area contributed by atoms with Gasteiger partial charge in [0.2, 0.25) is 0 Å². The normalized spacial score (nSPS) is 44.8. The fourth-order valence-corrected chi connectivity index (χ4v) is 12.2. The first-order valence-corrected chi connectivity index (χ1v) is 14.0. The van der Waals surface area contributed by atoms with E-state index in [2.05, 4.69) is 42.9 Å². The molecule has 25 heavy (non-hydrogen) atoms. The predicted molar refractivity (Wildman–Crippen MR) is 101 cm³/mol. The van der Waals surface area contributed by atoms with Crippen LogP contribution in [0.1, 0.15) is 52.4 Å². The zero-order valence-electron chi connectivity index (χ0n) is 16.2. The molecule has 0 aromatic rings. The van der Waals surface area contributed by atoms with Crippen LogP contribution in [-0.2, 0) is 25.5 Å². The van der Waals surface area contributed by atoms with Crippen molar-refractivity contribution in [3.8, 4) is 0 Å². The molecule has 1 amide bonds. The molecule has 0 saturated heterocycles. The first-order valence-electron chi connectivity index (χ1n) is 10.3. The summed E-state index contributed by atoms with van der Waals surface area (Å²) in [5.74, 6) is 3.23. The van der Waals surface area contributed by atoms with Crippen LogP contribution in [0.15, 0.2) is 23.3 Å². The van der Waals surface area contributed by atoms with Gasteiger partial charge in [-0.3, -0.25) is 0 Å². The number of carbonyl (C=O) groups excluding carboxylic acids is 1. The van der Waals surface area contributed by atoms with Gasteiger partial charge in [-0.15, -0.1) is 0 Å². The van der Waals surface area contributed by atoms with Crippen molar-refractivity contribution >= 4 is 14.7 Å². The summed E-state index contributed by atoms with van der Waals surface area (Å²) in [4.78, 5) is 13.5. The molecule has 0 aromatic heterocycles. The molecule has 4 saturated carbocycles. The van der Waals surface area contributed by atoms with Crippen molar-refractivity contribution in [2.75, 3.05) is 0 Å². The monoisotopic (exact) mass is 390 g/mol. The third kappa shape index (κ3) is 2.21. The Hall–Kier alpha value is -0.119. The topological polar surface area (TPSA) is 29.1 Å². The van der Waals surface area contributed by atoms with E-state index in [0.29, 0.717) is 11.8 Å². The minimum absolute atomic E-state index is 0.118. The Bertz CT molecular complexity index is 640. The summed E-state index contributed by atoms with van der Waals surface area (Å²) in [6.07, 6.45) is 12.4. The Morgan fingerprint density at radius 2 is 1.92 bits per heavy atom. The SMILES string of the molecule is CCC1=C(C2([SiH](C)C)C3CC4CC(C3)CC2(C(=O)[NH][Ti])C4)C(C)C=C1. The van der Waals surface area contributed by atoms with Crippen LogP contribution in [0.5, 0.6) is 0 Å². The maximum atomic E-state index is 13.5. The van der Waals surface area contributed by atoms with E-state index in [1.54, 1.807) is 11.1 Å². The second-order valence-corrected chi connectivity index (χ2v) is 13.2. The van der Waals surface area contributed by atoms with Crippen molar-refractivity contribution in [1.29, 1.82) is 0 Å². The Morgan fingerprint density at radius 3 is 2.44 bits per heavy atom. The maximum absolute atomic E-state index is 13.5. The summed E-state index contributed by atoms with van der Waals surface area (Å²) in [6, 6.07) is 0. The van der Waals surface area contributed by atoms with E-state index < -0.39 is 8.80 Å². The first kappa shape index (κ1) is 18.3. The Labute approximate surface area is 166 Å². The van der Waals surface area contributed by atoms with Gasteiger partial charge in [0.15, 0.2) is 0 Å². The van der Waals surface area contributed by atoms with E-state index in [-0.39, 0.29) is 10.5 Å². The van der Waals surface area contributed by atoms with Crippen molar-refractivity contribution in [3.05, 3.63) is 23.3 Å². The molecule has 0 spiro atoms. The van der Waals surface area contributed by atoms with Crippen LogP contribution in [0, 0.1) is 29.1 Å². The summed E-state index contributed by atoms with van der Waals surface area (Å²) in [5, 5.41) is 0.189. The summed E-state index contributed by atoms with van der Waals surface area (Å²) < 4.78 is 3.14. The molecular weight excluding hydrogens is 358 g/mol. The van der Waals surface area contributed by atoms with Gasteiger partial charge in [-0.2, -0.15) is 0 Å². The van der Waals surface area contributed by atoms with Gasteiger partial charge < -0.3 is 0 Å². The van der Waals surface area contributed by atoms with Crippen LogP contribution in [0.4, 0.5) is 0 Å². The molecule has 4 fully saturated rings. The number of nitrogens with one attached hydrogen (secondary N) is 1. The van der Waals surface area contributed by atoms with Crippen LogP contribution < -0.4 is 3.80 Å². The van der Waals surface area contributed by atoms with E-state index >= 15 is 0 Å². The number of carbonyl (C=O) groups is 1. The molecule has 4 heteroatoms. The molecule has 2 nitrogen and oxygen atoms in total. The number of rotatable bonds is 4. The van der Waals surface area contributed by atoms with Gasteiger partial charge in [-0.1, -0.05) is 0 Å².